The molecular formula is C16H18BrN. The van der Waals surface area contributed by atoms with Crippen molar-refractivity contribution in [3.8, 4) is 0 Å². The molecule has 0 amide bonds. The molecule has 0 saturated carbocycles. The molecule has 18 heavy (non-hydrogen) atoms. The molecule has 0 aliphatic heterocycles. The molecule has 1 unspecified atom stereocenters. The lowest BCUT2D eigenvalue weighted by molar-refractivity contribution is 0.574. The minimum atomic E-state index is 0.361. The second-order valence-electron chi connectivity index (χ2n) is 4.64. The Hall–Kier alpha value is -1.12. The molecule has 0 spiro atoms. The van der Waals surface area contributed by atoms with Gasteiger partial charge in [-0.2, -0.15) is 0 Å². The number of aryl methyl sites for hydroxylation is 1. The first-order valence-electron chi connectivity index (χ1n) is 6.19. The Kier molecular flexibility index (Phi) is 4.56. The van der Waals surface area contributed by atoms with Crippen molar-refractivity contribution >= 4 is 15.9 Å². The summed E-state index contributed by atoms with van der Waals surface area (Å²) in [5.41, 5.74) is 3.94. The van der Waals surface area contributed by atoms with Crippen LogP contribution >= 0.6 is 15.9 Å². The van der Waals surface area contributed by atoms with Gasteiger partial charge in [0, 0.05) is 17.1 Å². The third kappa shape index (κ3) is 3.69. The lowest BCUT2D eigenvalue weighted by Crippen LogP contribution is -2.17. The van der Waals surface area contributed by atoms with Crippen molar-refractivity contribution < 1.29 is 0 Å². The predicted octanol–water partition coefficient (Wildman–Crippen LogP) is 4.61. The van der Waals surface area contributed by atoms with E-state index < -0.39 is 0 Å². The van der Waals surface area contributed by atoms with Gasteiger partial charge in [-0.3, -0.25) is 0 Å². The van der Waals surface area contributed by atoms with Gasteiger partial charge in [-0.15, -0.1) is 0 Å². The number of halogens is 1. The number of benzene rings is 2. The third-order valence-corrected chi connectivity index (χ3v) is 3.63. The molecule has 0 aromatic heterocycles. The van der Waals surface area contributed by atoms with E-state index in [0.717, 1.165) is 11.0 Å². The topological polar surface area (TPSA) is 12.0 Å². The van der Waals surface area contributed by atoms with E-state index in [4.69, 9.17) is 0 Å². The molecule has 1 atom stereocenters. The first kappa shape index (κ1) is 13.3. The van der Waals surface area contributed by atoms with Crippen LogP contribution < -0.4 is 5.32 Å². The van der Waals surface area contributed by atoms with Crippen molar-refractivity contribution in [2.75, 3.05) is 0 Å². The summed E-state index contributed by atoms with van der Waals surface area (Å²) >= 11 is 3.46. The summed E-state index contributed by atoms with van der Waals surface area (Å²) in [5.74, 6) is 0. The molecule has 1 nitrogen and oxygen atoms in total. The van der Waals surface area contributed by atoms with E-state index in [0.29, 0.717) is 6.04 Å². The summed E-state index contributed by atoms with van der Waals surface area (Å²) in [6.07, 6.45) is 0. The summed E-state index contributed by atoms with van der Waals surface area (Å²) in [7, 11) is 0. The van der Waals surface area contributed by atoms with Crippen LogP contribution in [0.15, 0.2) is 53.0 Å². The average molecular weight is 304 g/mol. The molecule has 94 valence electrons. The highest BCUT2D eigenvalue weighted by molar-refractivity contribution is 9.10. The van der Waals surface area contributed by atoms with E-state index in [1.54, 1.807) is 0 Å². The molecule has 2 aromatic carbocycles. The van der Waals surface area contributed by atoms with Crippen LogP contribution in [0.2, 0.25) is 0 Å². The maximum Gasteiger partial charge on any atom is 0.0294 e. The van der Waals surface area contributed by atoms with Crippen molar-refractivity contribution in [2.45, 2.75) is 26.4 Å². The monoisotopic (exact) mass is 303 g/mol. The number of rotatable bonds is 4. The van der Waals surface area contributed by atoms with Gasteiger partial charge in [0.05, 0.1) is 0 Å². The van der Waals surface area contributed by atoms with Crippen LogP contribution in [0.25, 0.3) is 0 Å². The Morgan fingerprint density at radius 3 is 2.22 bits per heavy atom. The molecule has 0 saturated heterocycles. The summed E-state index contributed by atoms with van der Waals surface area (Å²) in [6.45, 7) is 5.20. The van der Waals surface area contributed by atoms with Crippen molar-refractivity contribution in [3.05, 3.63) is 69.7 Å². The maximum atomic E-state index is 3.54. The molecule has 0 radical (unpaired) electrons. The van der Waals surface area contributed by atoms with Crippen LogP contribution in [0.3, 0.4) is 0 Å². The fourth-order valence-electron chi connectivity index (χ4n) is 1.85. The Bertz CT molecular complexity index is 488. The molecule has 0 bridgehead atoms. The normalized spacial score (nSPS) is 12.4. The third-order valence-electron chi connectivity index (χ3n) is 3.10. The van der Waals surface area contributed by atoms with Gasteiger partial charge < -0.3 is 5.32 Å². The lowest BCUT2D eigenvalue weighted by atomic mass is 10.1. The van der Waals surface area contributed by atoms with Gasteiger partial charge in [0.1, 0.15) is 0 Å². The predicted molar refractivity (Wildman–Crippen MR) is 80.6 cm³/mol. The Balaban J connectivity index is 1.93. The summed E-state index contributed by atoms with van der Waals surface area (Å²) < 4.78 is 1.12. The maximum absolute atomic E-state index is 3.54. The molecule has 0 fully saturated rings. The lowest BCUT2D eigenvalue weighted by Gasteiger charge is -2.14. The molecule has 0 aliphatic rings. The molecule has 2 aromatic rings. The van der Waals surface area contributed by atoms with Gasteiger partial charge >= 0.3 is 0 Å². The highest BCUT2D eigenvalue weighted by atomic mass is 79.9. The SMILES string of the molecule is Cc1ccc(CNC(C)c2ccc(Br)cc2)cc1. The Labute approximate surface area is 117 Å². The second-order valence-corrected chi connectivity index (χ2v) is 5.56. The van der Waals surface area contributed by atoms with Crippen LogP contribution in [0.5, 0.6) is 0 Å². The van der Waals surface area contributed by atoms with E-state index in [-0.39, 0.29) is 0 Å². The van der Waals surface area contributed by atoms with E-state index in [1.807, 2.05) is 0 Å². The highest BCUT2D eigenvalue weighted by Crippen LogP contribution is 2.17. The van der Waals surface area contributed by atoms with Crippen LogP contribution in [0, 0.1) is 6.92 Å². The Morgan fingerprint density at radius 2 is 1.61 bits per heavy atom. The highest BCUT2D eigenvalue weighted by Gasteiger charge is 2.04. The number of hydrogen-bond acceptors (Lipinski definition) is 1. The van der Waals surface area contributed by atoms with Crippen molar-refractivity contribution in [1.82, 2.24) is 5.32 Å². The average Bonchev–Trinajstić information content (AvgIpc) is 2.38. The van der Waals surface area contributed by atoms with Crippen LogP contribution in [0.4, 0.5) is 0 Å². The van der Waals surface area contributed by atoms with Crippen LogP contribution in [0.1, 0.15) is 29.7 Å². The van der Waals surface area contributed by atoms with E-state index in [1.165, 1.54) is 16.7 Å². The van der Waals surface area contributed by atoms with Gasteiger partial charge in [-0.1, -0.05) is 57.9 Å². The Morgan fingerprint density at radius 1 is 1.00 bits per heavy atom. The molecular weight excluding hydrogens is 286 g/mol. The zero-order chi connectivity index (χ0) is 13.0. The van der Waals surface area contributed by atoms with Crippen LogP contribution in [-0.4, -0.2) is 0 Å². The molecule has 0 heterocycles. The van der Waals surface area contributed by atoms with Crippen molar-refractivity contribution in [2.24, 2.45) is 0 Å². The van der Waals surface area contributed by atoms with Gasteiger partial charge in [-0.05, 0) is 37.1 Å². The van der Waals surface area contributed by atoms with Gasteiger partial charge in [-0.25, -0.2) is 0 Å². The van der Waals surface area contributed by atoms with Crippen LogP contribution in [-0.2, 0) is 6.54 Å². The summed E-state index contributed by atoms with van der Waals surface area (Å²) in [6, 6.07) is 17.5. The minimum Gasteiger partial charge on any atom is -0.306 e. The van der Waals surface area contributed by atoms with Crippen molar-refractivity contribution in [1.29, 1.82) is 0 Å². The van der Waals surface area contributed by atoms with E-state index in [2.05, 4.69) is 83.6 Å². The molecule has 2 rings (SSSR count). The van der Waals surface area contributed by atoms with E-state index >= 15 is 0 Å². The van der Waals surface area contributed by atoms with E-state index in [9.17, 15) is 0 Å². The largest absolute Gasteiger partial charge is 0.306 e. The quantitative estimate of drug-likeness (QED) is 0.870. The summed E-state index contributed by atoms with van der Waals surface area (Å²) in [4.78, 5) is 0. The number of hydrogen-bond donors (Lipinski definition) is 1. The second kappa shape index (κ2) is 6.17. The molecule has 0 aliphatic carbocycles. The zero-order valence-corrected chi connectivity index (χ0v) is 12.4. The number of nitrogens with one attached hydrogen (secondary N) is 1. The van der Waals surface area contributed by atoms with Gasteiger partial charge in [0.2, 0.25) is 0 Å². The summed E-state index contributed by atoms with van der Waals surface area (Å²) in [5, 5.41) is 3.54. The smallest absolute Gasteiger partial charge is 0.0294 e. The van der Waals surface area contributed by atoms with Gasteiger partial charge in [0.15, 0.2) is 0 Å². The standard InChI is InChI=1S/C16H18BrN/c1-12-3-5-14(6-4-12)11-18-13(2)15-7-9-16(17)10-8-15/h3-10,13,18H,11H2,1-2H3. The molecule has 1 N–H and O–H groups in total. The molecule has 2 heteroatoms. The zero-order valence-electron chi connectivity index (χ0n) is 10.8. The first-order valence-corrected chi connectivity index (χ1v) is 6.99. The fraction of sp³-hybridized carbons (Fsp3) is 0.250. The fourth-order valence-corrected chi connectivity index (χ4v) is 2.11. The van der Waals surface area contributed by atoms with Crippen molar-refractivity contribution in [3.63, 3.8) is 0 Å². The minimum absolute atomic E-state index is 0.361. The van der Waals surface area contributed by atoms with Gasteiger partial charge in [0.25, 0.3) is 0 Å². The first-order chi connectivity index (χ1) is 8.65.